The van der Waals surface area contributed by atoms with Gasteiger partial charge in [-0.25, -0.2) is 0 Å². The number of carbonyl (C=O) groups excluding carboxylic acids is 1. The van der Waals surface area contributed by atoms with Crippen molar-refractivity contribution in [1.82, 2.24) is 9.88 Å². The highest BCUT2D eigenvalue weighted by atomic mass is 16.2. The van der Waals surface area contributed by atoms with Gasteiger partial charge < -0.3 is 4.90 Å². The number of aromatic nitrogens is 1. The van der Waals surface area contributed by atoms with Crippen molar-refractivity contribution in [1.29, 1.82) is 0 Å². The van der Waals surface area contributed by atoms with Crippen LogP contribution in [0.2, 0.25) is 0 Å². The fourth-order valence-electron chi connectivity index (χ4n) is 4.71. The van der Waals surface area contributed by atoms with Gasteiger partial charge in [0.2, 0.25) is 5.91 Å². The molecule has 23 heavy (non-hydrogen) atoms. The molecule has 1 aromatic carbocycles. The van der Waals surface area contributed by atoms with Gasteiger partial charge in [-0.1, -0.05) is 25.1 Å². The van der Waals surface area contributed by atoms with Crippen LogP contribution in [0.15, 0.2) is 36.7 Å². The van der Waals surface area contributed by atoms with Crippen LogP contribution in [-0.2, 0) is 11.2 Å². The number of carbonyl (C=O) groups is 1. The van der Waals surface area contributed by atoms with E-state index in [0.717, 1.165) is 6.42 Å². The first-order valence-electron chi connectivity index (χ1n) is 8.89. The standard InChI is InChI=1S/C20H24N2O/c1-2-20(23)22-17-6-7-18(22)12-14(11-17)10-16-5-3-4-15-8-9-21-13-19(15)16/h3-5,8-9,13-14,17-18H,2,6-7,10-12H2,1H3. The Kier molecular flexibility index (Phi) is 3.80. The lowest BCUT2D eigenvalue weighted by atomic mass is 9.84. The summed E-state index contributed by atoms with van der Waals surface area (Å²) in [5.41, 5.74) is 1.41. The second-order valence-electron chi connectivity index (χ2n) is 7.10. The zero-order chi connectivity index (χ0) is 15.8. The Labute approximate surface area is 137 Å². The molecule has 3 nitrogen and oxygen atoms in total. The second-order valence-corrected chi connectivity index (χ2v) is 7.10. The van der Waals surface area contributed by atoms with Crippen molar-refractivity contribution >= 4 is 16.7 Å². The summed E-state index contributed by atoms with van der Waals surface area (Å²) in [6, 6.07) is 9.62. The summed E-state index contributed by atoms with van der Waals surface area (Å²) in [6.07, 6.45) is 10.3. The maximum absolute atomic E-state index is 12.2. The molecule has 2 saturated heterocycles. The van der Waals surface area contributed by atoms with E-state index < -0.39 is 0 Å². The first kappa shape index (κ1) is 14.7. The molecule has 4 rings (SSSR count). The molecule has 2 atom stereocenters. The Balaban J connectivity index is 1.54. The van der Waals surface area contributed by atoms with E-state index >= 15 is 0 Å². The fourth-order valence-corrected chi connectivity index (χ4v) is 4.71. The summed E-state index contributed by atoms with van der Waals surface area (Å²) in [7, 11) is 0. The van der Waals surface area contributed by atoms with Gasteiger partial charge in [0.1, 0.15) is 0 Å². The molecule has 0 saturated carbocycles. The van der Waals surface area contributed by atoms with Gasteiger partial charge in [-0.15, -0.1) is 0 Å². The number of pyridine rings is 1. The molecule has 0 spiro atoms. The van der Waals surface area contributed by atoms with E-state index in [1.165, 1.54) is 42.0 Å². The maximum atomic E-state index is 12.2. The van der Waals surface area contributed by atoms with Gasteiger partial charge in [0.05, 0.1) is 0 Å². The minimum absolute atomic E-state index is 0.352. The Morgan fingerprint density at radius 1 is 1.22 bits per heavy atom. The third-order valence-corrected chi connectivity index (χ3v) is 5.70. The molecule has 0 radical (unpaired) electrons. The Hall–Kier alpha value is -1.90. The summed E-state index contributed by atoms with van der Waals surface area (Å²) >= 11 is 0. The van der Waals surface area contributed by atoms with Crippen LogP contribution in [0, 0.1) is 5.92 Å². The topological polar surface area (TPSA) is 33.2 Å². The molecule has 2 aliphatic rings. The minimum Gasteiger partial charge on any atom is -0.337 e. The number of rotatable bonds is 3. The Morgan fingerprint density at radius 3 is 2.74 bits per heavy atom. The molecule has 1 aromatic heterocycles. The summed E-state index contributed by atoms with van der Waals surface area (Å²) in [5.74, 6) is 1.05. The van der Waals surface area contributed by atoms with Crippen LogP contribution in [0.25, 0.3) is 10.8 Å². The molecule has 2 unspecified atom stereocenters. The van der Waals surface area contributed by atoms with Gasteiger partial charge in [-0.05, 0) is 55.0 Å². The Morgan fingerprint density at radius 2 is 2.00 bits per heavy atom. The van der Waals surface area contributed by atoms with Gasteiger partial charge >= 0.3 is 0 Å². The van der Waals surface area contributed by atoms with E-state index in [1.54, 1.807) is 0 Å². The van der Waals surface area contributed by atoms with Crippen LogP contribution in [0.3, 0.4) is 0 Å². The van der Waals surface area contributed by atoms with E-state index in [4.69, 9.17) is 0 Å². The van der Waals surface area contributed by atoms with Crippen molar-refractivity contribution in [2.24, 2.45) is 5.92 Å². The molecule has 2 aromatic rings. The van der Waals surface area contributed by atoms with Crippen molar-refractivity contribution in [3.63, 3.8) is 0 Å². The van der Waals surface area contributed by atoms with Gasteiger partial charge in [-0.3, -0.25) is 9.78 Å². The SMILES string of the molecule is CCC(=O)N1C2CCC1CC(Cc1cccc3ccncc13)C2. The number of fused-ring (bicyclic) bond motifs is 3. The van der Waals surface area contributed by atoms with E-state index in [1.807, 2.05) is 19.3 Å². The predicted octanol–water partition coefficient (Wildman–Crippen LogP) is 3.96. The van der Waals surface area contributed by atoms with Gasteiger partial charge in [0.15, 0.2) is 0 Å². The number of benzene rings is 1. The summed E-state index contributed by atoms with van der Waals surface area (Å²) in [4.78, 5) is 18.7. The average Bonchev–Trinajstić information content (AvgIpc) is 2.85. The molecular weight excluding hydrogens is 284 g/mol. The third kappa shape index (κ3) is 2.62. The number of hydrogen-bond donors (Lipinski definition) is 0. The van der Waals surface area contributed by atoms with Crippen LogP contribution >= 0.6 is 0 Å². The lowest BCUT2D eigenvalue weighted by Gasteiger charge is -2.39. The lowest BCUT2D eigenvalue weighted by molar-refractivity contribution is -0.136. The van der Waals surface area contributed by atoms with Gasteiger partial charge in [0, 0.05) is 36.3 Å². The van der Waals surface area contributed by atoms with Crippen LogP contribution in [-0.4, -0.2) is 27.9 Å². The summed E-state index contributed by atoms with van der Waals surface area (Å²) < 4.78 is 0. The zero-order valence-electron chi connectivity index (χ0n) is 13.7. The highest BCUT2D eigenvalue weighted by molar-refractivity contribution is 5.84. The van der Waals surface area contributed by atoms with Gasteiger partial charge in [-0.2, -0.15) is 0 Å². The fraction of sp³-hybridized carbons (Fsp3) is 0.500. The number of amides is 1. The molecule has 3 heteroatoms. The van der Waals surface area contributed by atoms with E-state index in [0.29, 0.717) is 30.3 Å². The largest absolute Gasteiger partial charge is 0.337 e. The monoisotopic (exact) mass is 308 g/mol. The van der Waals surface area contributed by atoms with Crippen LogP contribution in [0.1, 0.15) is 44.6 Å². The quantitative estimate of drug-likeness (QED) is 0.860. The smallest absolute Gasteiger partial charge is 0.222 e. The molecular formula is C20H24N2O. The first-order chi connectivity index (χ1) is 11.3. The molecule has 2 fully saturated rings. The van der Waals surface area contributed by atoms with Crippen LogP contribution in [0.5, 0.6) is 0 Å². The summed E-state index contributed by atoms with van der Waals surface area (Å²) in [6.45, 7) is 1.98. The summed E-state index contributed by atoms with van der Waals surface area (Å²) in [5, 5.41) is 2.56. The first-order valence-corrected chi connectivity index (χ1v) is 8.89. The van der Waals surface area contributed by atoms with E-state index in [2.05, 4.69) is 34.1 Å². The third-order valence-electron chi connectivity index (χ3n) is 5.70. The molecule has 3 heterocycles. The van der Waals surface area contributed by atoms with Crippen molar-refractivity contribution in [2.75, 3.05) is 0 Å². The molecule has 1 amide bonds. The maximum Gasteiger partial charge on any atom is 0.222 e. The van der Waals surface area contributed by atoms with E-state index in [9.17, 15) is 4.79 Å². The minimum atomic E-state index is 0.352. The lowest BCUT2D eigenvalue weighted by Crippen LogP contribution is -2.46. The number of hydrogen-bond acceptors (Lipinski definition) is 2. The van der Waals surface area contributed by atoms with Crippen molar-refractivity contribution in [2.45, 2.75) is 57.5 Å². The molecule has 2 bridgehead atoms. The second kappa shape index (κ2) is 5.95. The normalized spacial score (nSPS) is 26.7. The highest BCUT2D eigenvalue weighted by Gasteiger charge is 2.42. The molecule has 2 aliphatic heterocycles. The molecule has 120 valence electrons. The van der Waals surface area contributed by atoms with Crippen molar-refractivity contribution < 1.29 is 4.79 Å². The molecule has 0 aliphatic carbocycles. The van der Waals surface area contributed by atoms with E-state index in [-0.39, 0.29) is 0 Å². The van der Waals surface area contributed by atoms with Gasteiger partial charge in [0.25, 0.3) is 0 Å². The highest BCUT2D eigenvalue weighted by Crippen LogP contribution is 2.40. The number of piperidine rings is 1. The van der Waals surface area contributed by atoms with Crippen molar-refractivity contribution in [3.05, 3.63) is 42.2 Å². The molecule has 0 N–H and O–H groups in total. The zero-order valence-corrected chi connectivity index (χ0v) is 13.7. The predicted molar refractivity (Wildman–Crippen MR) is 92.1 cm³/mol. The van der Waals surface area contributed by atoms with Crippen LogP contribution in [0.4, 0.5) is 0 Å². The van der Waals surface area contributed by atoms with Crippen molar-refractivity contribution in [3.8, 4) is 0 Å². The van der Waals surface area contributed by atoms with Crippen LogP contribution < -0.4 is 0 Å². The number of nitrogens with zero attached hydrogens (tertiary/aromatic N) is 2. The Bertz CT molecular complexity index is 707. The average molecular weight is 308 g/mol.